The van der Waals surface area contributed by atoms with Crippen molar-refractivity contribution in [3.05, 3.63) is 47.9 Å². The normalized spacial score (nSPS) is 10.1. The Morgan fingerprint density at radius 3 is 2.57 bits per heavy atom. The van der Waals surface area contributed by atoms with Crippen molar-refractivity contribution in [3.8, 4) is 5.75 Å². The number of nitrogens with zero attached hydrogens (tertiary/aromatic N) is 2. The van der Waals surface area contributed by atoms with Crippen LogP contribution in [0.3, 0.4) is 0 Å². The zero-order valence-electron chi connectivity index (χ0n) is 12.1. The van der Waals surface area contributed by atoms with Crippen LogP contribution in [0.2, 0.25) is 0 Å². The Morgan fingerprint density at radius 1 is 1.29 bits per heavy atom. The summed E-state index contributed by atoms with van der Waals surface area (Å²) in [6.45, 7) is 0. The molecule has 5 nitrogen and oxygen atoms in total. The zero-order chi connectivity index (χ0) is 15.4. The standard InChI is InChI=1S/C15H16FN3O2/c1-19(2)14-7-4-10(9-17-14)18-15(20)12-6-5-11(21-3)8-13(12)16/h4-9H,1-3H3,(H,18,20). The molecule has 2 rings (SSSR count). The van der Waals surface area contributed by atoms with Crippen molar-refractivity contribution in [3.63, 3.8) is 0 Å². The lowest BCUT2D eigenvalue weighted by Gasteiger charge is -2.12. The SMILES string of the molecule is COc1ccc(C(=O)Nc2ccc(N(C)C)nc2)c(F)c1. The molecule has 110 valence electrons. The lowest BCUT2D eigenvalue weighted by atomic mass is 10.2. The number of halogens is 1. The second kappa shape index (κ2) is 6.21. The average Bonchev–Trinajstić information content (AvgIpc) is 2.47. The zero-order valence-corrected chi connectivity index (χ0v) is 12.1. The summed E-state index contributed by atoms with van der Waals surface area (Å²) in [7, 11) is 5.17. The summed E-state index contributed by atoms with van der Waals surface area (Å²) in [6.07, 6.45) is 1.52. The molecule has 0 aliphatic rings. The lowest BCUT2D eigenvalue weighted by molar-refractivity contribution is 0.102. The van der Waals surface area contributed by atoms with Crippen LogP contribution >= 0.6 is 0 Å². The topological polar surface area (TPSA) is 54.5 Å². The van der Waals surface area contributed by atoms with E-state index in [0.29, 0.717) is 11.4 Å². The number of carbonyl (C=O) groups is 1. The Labute approximate surface area is 122 Å². The molecule has 0 aliphatic heterocycles. The summed E-state index contributed by atoms with van der Waals surface area (Å²) in [6, 6.07) is 7.56. The molecule has 2 aromatic rings. The van der Waals surface area contributed by atoms with Gasteiger partial charge in [0.2, 0.25) is 0 Å². The highest BCUT2D eigenvalue weighted by Gasteiger charge is 2.13. The second-order valence-electron chi connectivity index (χ2n) is 4.60. The fourth-order valence-electron chi connectivity index (χ4n) is 1.73. The van der Waals surface area contributed by atoms with E-state index in [-0.39, 0.29) is 5.56 Å². The van der Waals surface area contributed by atoms with E-state index in [2.05, 4.69) is 10.3 Å². The van der Waals surface area contributed by atoms with Crippen LogP contribution in [0.15, 0.2) is 36.5 Å². The van der Waals surface area contributed by atoms with Crippen molar-refractivity contribution >= 4 is 17.4 Å². The Balaban J connectivity index is 2.14. The van der Waals surface area contributed by atoms with Gasteiger partial charge in [-0.15, -0.1) is 0 Å². The molecule has 0 fully saturated rings. The molecule has 21 heavy (non-hydrogen) atoms. The Bertz CT molecular complexity index is 642. The van der Waals surface area contributed by atoms with E-state index in [9.17, 15) is 9.18 Å². The molecule has 0 spiro atoms. The highest BCUT2D eigenvalue weighted by Crippen LogP contribution is 2.18. The molecule has 1 amide bonds. The van der Waals surface area contributed by atoms with Crippen LogP contribution in [0.1, 0.15) is 10.4 Å². The molecule has 0 saturated heterocycles. The number of rotatable bonds is 4. The summed E-state index contributed by atoms with van der Waals surface area (Å²) in [5.41, 5.74) is 0.452. The fraction of sp³-hybridized carbons (Fsp3) is 0.200. The van der Waals surface area contributed by atoms with Gasteiger partial charge in [0.05, 0.1) is 24.6 Å². The first-order valence-corrected chi connectivity index (χ1v) is 6.29. The van der Waals surface area contributed by atoms with Gasteiger partial charge in [0.25, 0.3) is 5.91 Å². The highest BCUT2D eigenvalue weighted by atomic mass is 19.1. The maximum atomic E-state index is 13.8. The van der Waals surface area contributed by atoms with Crippen LogP contribution in [-0.4, -0.2) is 32.1 Å². The van der Waals surface area contributed by atoms with Gasteiger partial charge in [-0.1, -0.05) is 0 Å². The van der Waals surface area contributed by atoms with Gasteiger partial charge in [0.1, 0.15) is 17.4 Å². The molecule has 1 aromatic carbocycles. The number of benzene rings is 1. The minimum absolute atomic E-state index is 0.0486. The van der Waals surface area contributed by atoms with Crippen molar-refractivity contribution in [1.82, 2.24) is 4.98 Å². The molecular weight excluding hydrogens is 273 g/mol. The van der Waals surface area contributed by atoms with E-state index in [4.69, 9.17) is 4.74 Å². The van der Waals surface area contributed by atoms with E-state index in [0.717, 1.165) is 5.82 Å². The van der Waals surface area contributed by atoms with Gasteiger partial charge in [-0.3, -0.25) is 4.79 Å². The third-order valence-electron chi connectivity index (χ3n) is 2.88. The molecule has 0 unspecified atom stereocenters. The number of hydrogen-bond donors (Lipinski definition) is 1. The number of nitrogens with one attached hydrogen (secondary N) is 1. The predicted octanol–water partition coefficient (Wildman–Crippen LogP) is 2.55. The minimum atomic E-state index is -0.635. The quantitative estimate of drug-likeness (QED) is 0.940. The number of pyridine rings is 1. The smallest absolute Gasteiger partial charge is 0.258 e. The van der Waals surface area contributed by atoms with Crippen molar-refractivity contribution < 1.29 is 13.9 Å². The van der Waals surface area contributed by atoms with E-state index in [1.54, 1.807) is 12.1 Å². The Kier molecular flexibility index (Phi) is 4.37. The van der Waals surface area contributed by atoms with Gasteiger partial charge in [-0.25, -0.2) is 9.37 Å². The van der Waals surface area contributed by atoms with Gasteiger partial charge in [0, 0.05) is 20.2 Å². The number of ether oxygens (including phenoxy) is 1. The molecule has 1 aromatic heterocycles. The maximum Gasteiger partial charge on any atom is 0.258 e. The second-order valence-corrected chi connectivity index (χ2v) is 4.60. The number of amides is 1. The van der Waals surface area contributed by atoms with Crippen LogP contribution < -0.4 is 15.0 Å². The van der Waals surface area contributed by atoms with E-state index >= 15 is 0 Å². The lowest BCUT2D eigenvalue weighted by Crippen LogP contribution is -2.15. The maximum absolute atomic E-state index is 13.8. The van der Waals surface area contributed by atoms with Crippen LogP contribution in [0.25, 0.3) is 0 Å². The first-order chi connectivity index (χ1) is 10.0. The first kappa shape index (κ1) is 14.8. The molecular formula is C15H16FN3O2. The van der Waals surface area contributed by atoms with Crippen LogP contribution in [0.5, 0.6) is 5.75 Å². The molecule has 0 atom stereocenters. The Morgan fingerprint density at radius 2 is 2.05 bits per heavy atom. The molecule has 0 saturated carbocycles. The van der Waals surface area contributed by atoms with E-state index in [1.807, 2.05) is 19.0 Å². The number of methoxy groups -OCH3 is 1. The minimum Gasteiger partial charge on any atom is -0.497 e. The third kappa shape index (κ3) is 3.47. The summed E-state index contributed by atoms with van der Waals surface area (Å²) in [5, 5.41) is 2.60. The van der Waals surface area contributed by atoms with Crippen molar-refractivity contribution in [2.45, 2.75) is 0 Å². The van der Waals surface area contributed by atoms with Crippen molar-refractivity contribution in [2.75, 3.05) is 31.4 Å². The number of hydrogen-bond acceptors (Lipinski definition) is 4. The molecule has 0 aliphatic carbocycles. The first-order valence-electron chi connectivity index (χ1n) is 6.29. The molecule has 1 N–H and O–H groups in total. The number of carbonyl (C=O) groups excluding carboxylic acids is 1. The molecule has 6 heteroatoms. The summed E-state index contributed by atoms with van der Waals surface area (Å²) < 4.78 is 18.7. The number of aromatic nitrogens is 1. The van der Waals surface area contributed by atoms with Crippen molar-refractivity contribution in [2.24, 2.45) is 0 Å². The summed E-state index contributed by atoms with van der Waals surface area (Å²) in [5.74, 6) is -0.0380. The van der Waals surface area contributed by atoms with Gasteiger partial charge in [-0.05, 0) is 24.3 Å². The molecule has 0 radical (unpaired) electrons. The van der Waals surface area contributed by atoms with E-state index in [1.165, 1.54) is 31.5 Å². The largest absolute Gasteiger partial charge is 0.497 e. The van der Waals surface area contributed by atoms with Crippen molar-refractivity contribution in [1.29, 1.82) is 0 Å². The summed E-state index contributed by atoms with van der Waals surface area (Å²) in [4.78, 5) is 18.0. The van der Waals surface area contributed by atoms with Crippen LogP contribution in [0.4, 0.5) is 15.9 Å². The van der Waals surface area contributed by atoms with Gasteiger partial charge in [0.15, 0.2) is 0 Å². The van der Waals surface area contributed by atoms with Gasteiger partial charge < -0.3 is 15.0 Å². The summed E-state index contributed by atoms with van der Waals surface area (Å²) >= 11 is 0. The van der Waals surface area contributed by atoms with E-state index < -0.39 is 11.7 Å². The average molecular weight is 289 g/mol. The highest BCUT2D eigenvalue weighted by molar-refractivity contribution is 6.04. The monoisotopic (exact) mass is 289 g/mol. The predicted molar refractivity (Wildman–Crippen MR) is 79.5 cm³/mol. The molecule has 1 heterocycles. The molecule has 0 bridgehead atoms. The Hall–Kier alpha value is -2.63. The fourth-order valence-corrected chi connectivity index (χ4v) is 1.73. The van der Waals surface area contributed by atoms with Crippen LogP contribution in [-0.2, 0) is 0 Å². The van der Waals surface area contributed by atoms with Gasteiger partial charge in [-0.2, -0.15) is 0 Å². The number of anilines is 2. The van der Waals surface area contributed by atoms with Gasteiger partial charge >= 0.3 is 0 Å². The third-order valence-corrected chi connectivity index (χ3v) is 2.88. The van der Waals surface area contributed by atoms with Crippen LogP contribution in [0, 0.1) is 5.82 Å².